The first-order valence-corrected chi connectivity index (χ1v) is 13.6. The van der Waals surface area contributed by atoms with Crippen molar-refractivity contribution in [1.82, 2.24) is 15.2 Å². The molecule has 2 aliphatic heterocycles. The van der Waals surface area contributed by atoms with Gasteiger partial charge in [0, 0.05) is 44.2 Å². The third kappa shape index (κ3) is 5.23. The zero-order chi connectivity index (χ0) is 26.3. The van der Waals surface area contributed by atoms with Crippen molar-refractivity contribution in [2.75, 3.05) is 31.1 Å². The van der Waals surface area contributed by atoms with Crippen molar-refractivity contribution < 1.29 is 19.4 Å². The van der Waals surface area contributed by atoms with Gasteiger partial charge in [-0.15, -0.1) is 11.3 Å². The number of hydrogen-bond acceptors (Lipinski definition) is 6. The van der Waals surface area contributed by atoms with E-state index in [0.29, 0.717) is 32.6 Å². The van der Waals surface area contributed by atoms with Gasteiger partial charge in [0.05, 0.1) is 21.8 Å². The number of carboxylic acid groups (broad SMARTS) is 1. The minimum atomic E-state index is -0.851. The largest absolute Gasteiger partial charge is 0.489 e. The molecule has 3 atom stereocenters. The highest BCUT2D eigenvalue weighted by Gasteiger charge is 2.38. The van der Waals surface area contributed by atoms with Crippen LogP contribution in [-0.4, -0.2) is 65.3 Å². The molecular weight excluding hydrogens is 488 g/mol. The molecule has 2 fully saturated rings. The summed E-state index contributed by atoms with van der Waals surface area (Å²) < 4.78 is 7.40. The van der Waals surface area contributed by atoms with Crippen molar-refractivity contribution in [1.29, 1.82) is 0 Å². The van der Waals surface area contributed by atoms with Gasteiger partial charge in [-0.05, 0) is 47.7 Å². The quantitative estimate of drug-likeness (QED) is 0.485. The number of anilines is 1. The van der Waals surface area contributed by atoms with Crippen molar-refractivity contribution in [3.05, 3.63) is 41.9 Å². The van der Waals surface area contributed by atoms with Crippen LogP contribution in [0.1, 0.15) is 34.1 Å². The molecule has 2 amide bonds. The Morgan fingerprint density at radius 2 is 1.95 bits per heavy atom. The Bertz CT molecular complexity index is 1300. The number of fused-ring (bicyclic) bond motifs is 1. The topological polar surface area (TPSA) is 95.0 Å². The van der Waals surface area contributed by atoms with Gasteiger partial charge in [0.25, 0.3) is 0 Å². The lowest BCUT2D eigenvalue weighted by molar-refractivity contribution is -0.119. The normalized spacial score (nSPS) is 21.2. The summed E-state index contributed by atoms with van der Waals surface area (Å²) in [5, 5.41) is 12.6. The lowest BCUT2D eigenvalue weighted by Crippen LogP contribution is -2.59. The number of thiazole rings is 1. The van der Waals surface area contributed by atoms with Gasteiger partial charge < -0.3 is 25.0 Å². The maximum absolute atomic E-state index is 11.8. The van der Waals surface area contributed by atoms with Crippen LogP contribution in [0, 0.1) is 11.3 Å². The molecule has 3 aromatic rings. The number of ether oxygens (including phenoxy) is 1. The van der Waals surface area contributed by atoms with E-state index in [2.05, 4.69) is 72.4 Å². The fourth-order valence-electron chi connectivity index (χ4n) is 5.30. The number of carbonyl (C=O) groups is 2. The molecule has 0 aliphatic carbocycles. The summed E-state index contributed by atoms with van der Waals surface area (Å²) in [6, 6.07) is 12.5. The number of benzene rings is 2. The summed E-state index contributed by atoms with van der Waals surface area (Å²) >= 11 is 1.56. The van der Waals surface area contributed by atoms with Crippen LogP contribution in [0.4, 0.5) is 10.5 Å². The monoisotopic (exact) mass is 522 g/mol. The van der Waals surface area contributed by atoms with Crippen molar-refractivity contribution in [3.8, 4) is 16.9 Å². The summed E-state index contributed by atoms with van der Waals surface area (Å²) in [7, 11) is 0. The predicted molar refractivity (Wildman–Crippen MR) is 146 cm³/mol. The van der Waals surface area contributed by atoms with Crippen LogP contribution in [-0.2, 0) is 4.79 Å². The number of piperazine rings is 1. The molecule has 2 aliphatic rings. The minimum absolute atomic E-state index is 0.0791. The molecule has 0 spiro atoms. The van der Waals surface area contributed by atoms with Gasteiger partial charge in [-0.3, -0.25) is 4.79 Å². The molecule has 196 valence electrons. The molecule has 1 unspecified atom stereocenters. The van der Waals surface area contributed by atoms with Gasteiger partial charge in [0.15, 0.2) is 0 Å². The zero-order valence-corrected chi connectivity index (χ0v) is 22.5. The van der Waals surface area contributed by atoms with Gasteiger partial charge in [0.2, 0.25) is 5.91 Å². The number of carbonyl (C=O) groups excluding carboxylic acids is 1. The minimum Gasteiger partial charge on any atom is -0.489 e. The highest BCUT2D eigenvalue weighted by Crippen LogP contribution is 2.37. The first-order valence-electron chi connectivity index (χ1n) is 12.8. The van der Waals surface area contributed by atoms with Crippen molar-refractivity contribution in [2.24, 2.45) is 11.3 Å². The van der Waals surface area contributed by atoms with Crippen molar-refractivity contribution in [3.63, 3.8) is 0 Å². The number of nitrogens with zero attached hydrogens (tertiary/aromatic N) is 3. The Balaban J connectivity index is 1.37. The first kappa shape index (κ1) is 25.3. The smallest absolute Gasteiger partial charge is 0.407 e. The van der Waals surface area contributed by atoms with Gasteiger partial charge in [-0.2, -0.15) is 0 Å². The van der Waals surface area contributed by atoms with Crippen molar-refractivity contribution >= 4 is 39.2 Å². The van der Waals surface area contributed by atoms with Crippen LogP contribution >= 0.6 is 11.3 Å². The van der Waals surface area contributed by atoms with E-state index in [1.165, 1.54) is 0 Å². The molecule has 2 N–H and O–H groups in total. The maximum atomic E-state index is 11.8. The van der Waals surface area contributed by atoms with E-state index in [9.17, 15) is 14.7 Å². The van der Waals surface area contributed by atoms with Crippen LogP contribution in [0.25, 0.3) is 21.3 Å². The summed E-state index contributed by atoms with van der Waals surface area (Å²) in [6.07, 6.45) is -0.456. The Labute approximate surface area is 221 Å². The van der Waals surface area contributed by atoms with Crippen molar-refractivity contribution in [2.45, 2.75) is 46.3 Å². The molecule has 3 heterocycles. The second kappa shape index (κ2) is 9.85. The summed E-state index contributed by atoms with van der Waals surface area (Å²) in [4.78, 5) is 31.8. The van der Waals surface area contributed by atoms with E-state index in [4.69, 9.17) is 4.74 Å². The number of rotatable bonds is 5. The van der Waals surface area contributed by atoms with E-state index in [1.54, 1.807) is 16.2 Å². The molecule has 2 aromatic carbocycles. The number of aromatic nitrogens is 1. The average molecular weight is 523 g/mol. The highest BCUT2D eigenvalue weighted by molar-refractivity contribution is 7.17. The lowest BCUT2D eigenvalue weighted by atomic mass is 9.84. The summed E-state index contributed by atoms with van der Waals surface area (Å²) in [5.74, 6) is 1.02. The van der Waals surface area contributed by atoms with Gasteiger partial charge >= 0.3 is 6.09 Å². The zero-order valence-electron chi connectivity index (χ0n) is 21.7. The van der Waals surface area contributed by atoms with Crippen LogP contribution in [0.5, 0.6) is 5.75 Å². The number of amides is 2. The number of hydrogen-bond donors (Lipinski definition) is 2. The average Bonchev–Trinajstić information content (AvgIpc) is 3.52. The Morgan fingerprint density at radius 3 is 2.59 bits per heavy atom. The molecular formula is C28H34N4O4S. The molecule has 2 saturated heterocycles. The van der Waals surface area contributed by atoms with Crippen LogP contribution in [0.3, 0.4) is 0 Å². The first-order chi connectivity index (χ1) is 17.6. The van der Waals surface area contributed by atoms with Gasteiger partial charge in [0.1, 0.15) is 11.9 Å². The van der Waals surface area contributed by atoms with E-state index in [-0.39, 0.29) is 29.4 Å². The van der Waals surface area contributed by atoms with E-state index in [0.717, 1.165) is 32.8 Å². The van der Waals surface area contributed by atoms with Crippen LogP contribution in [0.2, 0.25) is 0 Å². The molecule has 1 aromatic heterocycles. The van der Waals surface area contributed by atoms with E-state index >= 15 is 0 Å². The molecule has 8 nitrogen and oxygen atoms in total. The summed E-state index contributed by atoms with van der Waals surface area (Å²) in [5.41, 5.74) is 5.74. The summed E-state index contributed by atoms with van der Waals surface area (Å²) in [6.45, 7) is 10.8. The molecule has 0 radical (unpaired) electrons. The molecule has 37 heavy (non-hydrogen) atoms. The van der Waals surface area contributed by atoms with Gasteiger partial charge in [-0.25, -0.2) is 9.78 Å². The standard InChI is InChI=1S/C28H34N4O4S/c1-17(20-13-25(33)29-14-20)36-23-12-19(11-22-26(23)37-16-30-22)18-5-7-21(8-6-18)31-9-10-32(27(34)35)24(15-31)28(2,3)4/h5-8,11-12,16-17,20,24H,9-10,13-15H2,1-4H3,(H,29,33)(H,34,35)/t17-,20-,24?/m1/s1. The second-order valence-electron chi connectivity index (χ2n) is 11.1. The molecule has 0 bridgehead atoms. The fourth-order valence-corrected chi connectivity index (χ4v) is 6.03. The lowest BCUT2D eigenvalue weighted by Gasteiger charge is -2.46. The molecule has 9 heteroatoms. The van der Waals surface area contributed by atoms with Gasteiger partial charge in [-0.1, -0.05) is 32.9 Å². The SMILES string of the molecule is C[C@@H](Oc1cc(-c2ccc(N3CCN(C(=O)O)C(C(C)(C)C)C3)cc2)cc2ncsc12)[C@H]1CNC(=O)C1. The predicted octanol–water partition coefficient (Wildman–Crippen LogP) is 5.08. The Hall–Kier alpha value is -3.33. The molecule has 0 saturated carbocycles. The third-order valence-electron chi connectivity index (χ3n) is 7.57. The van der Waals surface area contributed by atoms with E-state index < -0.39 is 6.09 Å². The van der Waals surface area contributed by atoms with Crippen LogP contribution < -0.4 is 15.0 Å². The van der Waals surface area contributed by atoms with E-state index in [1.807, 2.05) is 12.4 Å². The second-order valence-corrected chi connectivity index (χ2v) is 12.0. The maximum Gasteiger partial charge on any atom is 0.407 e. The van der Waals surface area contributed by atoms with Crippen LogP contribution in [0.15, 0.2) is 41.9 Å². The Kier molecular flexibility index (Phi) is 6.74. The highest BCUT2D eigenvalue weighted by atomic mass is 32.1. The fraction of sp³-hybridized carbons (Fsp3) is 0.464. The molecule has 5 rings (SSSR count). The number of nitrogens with one attached hydrogen (secondary N) is 1. The third-order valence-corrected chi connectivity index (χ3v) is 8.43. The Morgan fingerprint density at radius 1 is 1.19 bits per heavy atom.